The molecule has 0 bridgehead atoms. The number of carbonyl (C=O) groups excluding carboxylic acids is 2. The summed E-state index contributed by atoms with van der Waals surface area (Å²) in [5.74, 6) is 0.278. The van der Waals surface area contributed by atoms with Crippen LogP contribution in [0.5, 0.6) is 0 Å². The number of rotatable bonds is 3. The van der Waals surface area contributed by atoms with E-state index in [1.54, 1.807) is 0 Å². The fraction of sp³-hybridized carbons (Fsp3) is 0.619. The van der Waals surface area contributed by atoms with E-state index in [2.05, 4.69) is 22.3 Å². The Balaban J connectivity index is 1.22. The Morgan fingerprint density at radius 3 is 2.32 bits per heavy atom. The van der Waals surface area contributed by atoms with Crippen LogP contribution in [0.25, 0.3) is 0 Å². The molecule has 1 N–H and O–H groups in total. The van der Waals surface area contributed by atoms with Crippen LogP contribution in [0.15, 0.2) is 30.3 Å². The first-order valence-corrected chi connectivity index (χ1v) is 10.4. The first kappa shape index (κ1) is 19.1. The van der Waals surface area contributed by atoms with Gasteiger partial charge in [-0.15, -0.1) is 0 Å². The minimum atomic E-state index is 0.0113. The molecule has 3 aliphatic heterocycles. The molecule has 0 saturated carbocycles. The van der Waals surface area contributed by atoms with Crippen LogP contribution in [-0.4, -0.2) is 80.3 Å². The Kier molecular flexibility index (Phi) is 6.00. The van der Waals surface area contributed by atoms with Gasteiger partial charge in [-0.3, -0.25) is 4.79 Å². The molecule has 1 unspecified atom stereocenters. The van der Waals surface area contributed by atoms with E-state index in [1.807, 2.05) is 28.0 Å². The van der Waals surface area contributed by atoms with Crippen LogP contribution in [0.2, 0.25) is 0 Å². The molecular formula is C21H30N4O3. The van der Waals surface area contributed by atoms with Gasteiger partial charge in [0.1, 0.15) is 0 Å². The molecule has 4 rings (SSSR count). The average Bonchev–Trinajstić information content (AvgIpc) is 3.23. The van der Waals surface area contributed by atoms with Crippen molar-refractivity contribution in [1.82, 2.24) is 15.1 Å². The van der Waals surface area contributed by atoms with E-state index in [4.69, 9.17) is 4.74 Å². The number of benzene rings is 1. The predicted molar refractivity (Wildman–Crippen MR) is 107 cm³/mol. The smallest absolute Gasteiger partial charge is 0.317 e. The number of piperidine rings is 1. The largest absolute Gasteiger partial charge is 0.378 e. The lowest BCUT2D eigenvalue weighted by molar-refractivity contribution is -0.141. The summed E-state index contributed by atoms with van der Waals surface area (Å²) in [7, 11) is 0. The highest BCUT2D eigenvalue weighted by atomic mass is 16.5. The number of carbonyl (C=O) groups is 2. The van der Waals surface area contributed by atoms with Crippen molar-refractivity contribution >= 4 is 17.6 Å². The molecule has 3 heterocycles. The van der Waals surface area contributed by atoms with E-state index >= 15 is 0 Å². The molecular weight excluding hydrogens is 356 g/mol. The number of anilines is 1. The normalized spacial score (nSPS) is 23.7. The van der Waals surface area contributed by atoms with Crippen molar-refractivity contribution < 1.29 is 14.3 Å². The lowest BCUT2D eigenvalue weighted by Crippen LogP contribution is -2.51. The molecule has 3 saturated heterocycles. The molecule has 0 spiro atoms. The van der Waals surface area contributed by atoms with Crippen molar-refractivity contribution in [2.45, 2.75) is 25.3 Å². The van der Waals surface area contributed by atoms with Gasteiger partial charge in [0.2, 0.25) is 5.91 Å². The van der Waals surface area contributed by atoms with Crippen molar-refractivity contribution in [2.24, 2.45) is 5.92 Å². The van der Waals surface area contributed by atoms with E-state index in [1.165, 1.54) is 5.69 Å². The molecule has 1 aromatic carbocycles. The quantitative estimate of drug-likeness (QED) is 0.856. The molecule has 3 aliphatic rings. The standard InChI is InChI=1S/C21H30N4O3/c26-20(23-12-14-28-15-13-23)17-6-9-24(10-7-17)21(27)22-18-8-11-25(16-18)19-4-2-1-3-5-19/h1-5,17-18H,6-16H2,(H,22,27). The van der Waals surface area contributed by atoms with E-state index in [9.17, 15) is 9.59 Å². The third kappa shape index (κ3) is 4.41. The van der Waals surface area contributed by atoms with Gasteiger partial charge < -0.3 is 24.8 Å². The Morgan fingerprint density at radius 2 is 1.61 bits per heavy atom. The highest BCUT2D eigenvalue weighted by molar-refractivity contribution is 5.80. The number of nitrogens with one attached hydrogen (secondary N) is 1. The fourth-order valence-corrected chi connectivity index (χ4v) is 4.39. The first-order valence-electron chi connectivity index (χ1n) is 10.4. The fourth-order valence-electron chi connectivity index (χ4n) is 4.39. The SMILES string of the molecule is O=C(NC1CCN(c2ccccc2)C1)N1CCC(C(=O)N2CCOCC2)CC1. The summed E-state index contributed by atoms with van der Waals surface area (Å²) in [6, 6.07) is 10.5. The highest BCUT2D eigenvalue weighted by Crippen LogP contribution is 2.22. The minimum absolute atomic E-state index is 0.0113. The van der Waals surface area contributed by atoms with Crippen LogP contribution in [0.4, 0.5) is 10.5 Å². The third-order valence-corrected chi connectivity index (χ3v) is 6.09. The number of urea groups is 1. The van der Waals surface area contributed by atoms with Gasteiger partial charge in [0, 0.05) is 56.9 Å². The van der Waals surface area contributed by atoms with Gasteiger partial charge in [-0.2, -0.15) is 0 Å². The predicted octanol–water partition coefficient (Wildman–Crippen LogP) is 1.55. The second-order valence-corrected chi connectivity index (χ2v) is 7.92. The average molecular weight is 386 g/mol. The third-order valence-electron chi connectivity index (χ3n) is 6.09. The van der Waals surface area contributed by atoms with Crippen molar-refractivity contribution in [3.05, 3.63) is 30.3 Å². The topological polar surface area (TPSA) is 65.1 Å². The number of amides is 3. The maximum atomic E-state index is 12.7. The van der Waals surface area contributed by atoms with Gasteiger partial charge >= 0.3 is 6.03 Å². The summed E-state index contributed by atoms with van der Waals surface area (Å²) in [6.45, 7) is 5.78. The second kappa shape index (κ2) is 8.82. The zero-order chi connectivity index (χ0) is 19.3. The first-order chi connectivity index (χ1) is 13.7. The van der Waals surface area contributed by atoms with E-state index in [0.717, 1.165) is 32.4 Å². The van der Waals surface area contributed by atoms with Gasteiger partial charge in [-0.25, -0.2) is 4.79 Å². The summed E-state index contributed by atoms with van der Waals surface area (Å²) >= 11 is 0. The number of nitrogens with zero attached hydrogens (tertiary/aromatic N) is 3. The van der Waals surface area contributed by atoms with Gasteiger partial charge in [0.15, 0.2) is 0 Å². The van der Waals surface area contributed by atoms with Crippen LogP contribution < -0.4 is 10.2 Å². The second-order valence-electron chi connectivity index (χ2n) is 7.92. The number of para-hydroxylation sites is 1. The minimum Gasteiger partial charge on any atom is -0.378 e. The van der Waals surface area contributed by atoms with Crippen molar-refractivity contribution in [2.75, 3.05) is 57.4 Å². The van der Waals surface area contributed by atoms with Gasteiger partial charge in [-0.1, -0.05) is 18.2 Å². The molecule has 152 valence electrons. The number of morpholine rings is 1. The highest BCUT2D eigenvalue weighted by Gasteiger charge is 2.32. The van der Waals surface area contributed by atoms with Crippen LogP contribution in [-0.2, 0) is 9.53 Å². The summed E-state index contributed by atoms with van der Waals surface area (Å²) in [5.41, 5.74) is 1.21. The number of likely N-dealkylation sites (tertiary alicyclic amines) is 1. The van der Waals surface area contributed by atoms with Gasteiger partial charge in [0.25, 0.3) is 0 Å². The Bertz CT molecular complexity index is 669. The van der Waals surface area contributed by atoms with E-state index < -0.39 is 0 Å². The summed E-state index contributed by atoms with van der Waals surface area (Å²) in [5, 5.41) is 3.19. The van der Waals surface area contributed by atoms with Crippen LogP contribution >= 0.6 is 0 Å². The molecule has 3 amide bonds. The van der Waals surface area contributed by atoms with Crippen molar-refractivity contribution in [3.63, 3.8) is 0 Å². The molecule has 0 radical (unpaired) electrons. The Morgan fingerprint density at radius 1 is 0.893 bits per heavy atom. The number of hydrogen-bond donors (Lipinski definition) is 1. The monoisotopic (exact) mass is 386 g/mol. The van der Waals surface area contributed by atoms with E-state index in [-0.39, 0.29) is 23.9 Å². The maximum absolute atomic E-state index is 12.7. The van der Waals surface area contributed by atoms with Crippen molar-refractivity contribution in [3.8, 4) is 0 Å². The zero-order valence-corrected chi connectivity index (χ0v) is 16.4. The van der Waals surface area contributed by atoms with Crippen LogP contribution in [0.3, 0.4) is 0 Å². The van der Waals surface area contributed by atoms with Crippen molar-refractivity contribution in [1.29, 1.82) is 0 Å². The molecule has 0 aromatic heterocycles. The molecule has 7 heteroatoms. The summed E-state index contributed by atoms with van der Waals surface area (Å²) in [6.07, 6.45) is 2.47. The van der Waals surface area contributed by atoms with Crippen LogP contribution in [0, 0.1) is 5.92 Å². The molecule has 1 atom stereocenters. The molecule has 7 nitrogen and oxygen atoms in total. The number of ether oxygens (including phenoxy) is 1. The lowest BCUT2D eigenvalue weighted by Gasteiger charge is -2.35. The summed E-state index contributed by atoms with van der Waals surface area (Å²) < 4.78 is 5.33. The molecule has 3 fully saturated rings. The molecule has 28 heavy (non-hydrogen) atoms. The Hall–Kier alpha value is -2.28. The van der Waals surface area contributed by atoms with Gasteiger partial charge in [0.05, 0.1) is 13.2 Å². The molecule has 0 aliphatic carbocycles. The lowest BCUT2D eigenvalue weighted by atomic mass is 9.95. The number of hydrogen-bond acceptors (Lipinski definition) is 4. The molecule has 1 aromatic rings. The van der Waals surface area contributed by atoms with E-state index in [0.29, 0.717) is 39.4 Å². The van der Waals surface area contributed by atoms with Crippen LogP contribution in [0.1, 0.15) is 19.3 Å². The Labute approximate surface area is 166 Å². The van der Waals surface area contributed by atoms with Gasteiger partial charge in [-0.05, 0) is 31.4 Å². The summed E-state index contributed by atoms with van der Waals surface area (Å²) in [4.78, 5) is 31.4. The zero-order valence-electron chi connectivity index (χ0n) is 16.4. The maximum Gasteiger partial charge on any atom is 0.317 e.